The summed E-state index contributed by atoms with van der Waals surface area (Å²) in [4.78, 5) is 4.89. The van der Waals surface area contributed by atoms with Gasteiger partial charge in [0.05, 0.1) is 26.4 Å². The quantitative estimate of drug-likeness (QED) is 0.731. The van der Waals surface area contributed by atoms with Gasteiger partial charge in [-0.05, 0) is 33.9 Å². The fourth-order valence-electron chi connectivity index (χ4n) is 2.68. The lowest BCUT2D eigenvalue weighted by Crippen LogP contribution is -2.49. The summed E-state index contributed by atoms with van der Waals surface area (Å²) in [5.41, 5.74) is 0. The van der Waals surface area contributed by atoms with Crippen LogP contribution < -0.4 is 0 Å². The Hall–Kier alpha value is -0.160. The van der Waals surface area contributed by atoms with Crippen molar-refractivity contribution < 1.29 is 9.47 Å². The van der Waals surface area contributed by atoms with Crippen LogP contribution in [0, 0.1) is 0 Å². The number of likely N-dealkylation sites (N-methyl/N-ethyl adjacent to an activating group) is 2. The molecule has 0 spiro atoms. The van der Waals surface area contributed by atoms with Gasteiger partial charge in [-0.2, -0.15) is 0 Å². The summed E-state index contributed by atoms with van der Waals surface area (Å²) in [7, 11) is 4.43. The van der Waals surface area contributed by atoms with Crippen molar-refractivity contribution in [1.82, 2.24) is 9.80 Å². The zero-order valence-corrected chi connectivity index (χ0v) is 11.4. The summed E-state index contributed by atoms with van der Waals surface area (Å²) in [6.07, 6.45) is 2.42. The van der Waals surface area contributed by atoms with Crippen LogP contribution in [0.15, 0.2) is 0 Å². The molecule has 4 nitrogen and oxygen atoms in total. The van der Waals surface area contributed by atoms with E-state index in [1.54, 1.807) is 0 Å². The molecular formula is C13H26N2O2. The van der Waals surface area contributed by atoms with Crippen LogP contribution in [0.5, 0.6) is 0 Å². The molecular weight excluding hydrogens is 216 g/mol. The Morgan fingerprint density at radius 3 is 2.47 bits per heavy atom. The highest BCUT2D eigenvalue weighted by atomic mass is 16.5. The van der Waals surface area contributed by atoms with Crippen LogP contribution in [-0.4, -0.2) is 75.0 Å². The second-order valence-corrected chi connectivity index (χ2v) is 5.49. The van der Waals surface area contributed by atoms with Crippen molar-refractivity contribution in [2.75, 3.05) is 47.1 Å². The summed E-state index contributed by atoms with van der Waals surface area (Å²) in [5.74, 6) is 0. The van der Waals surface area contributed by atoms with Gasteiger partial charge in [0, 0.05) is 24.7 Å². The molecule has 0 N–H and O–H groups in total. The number of ether oxygens (including phenoxy) is 2. The summed E-state index contributed by atoms with van der Waals surface area (Å²) in [6.45, 7) is 6.84. The van der Waals surface area contributed by atoms with Crippen molar-refractivity contribution in [2.45, 2.75) is 37.9 Å². The Bertz CT molecular complexity index is 237. The maximum absolute atomic E-state index is 5.64. The maximum Gasteiger partial charge on any atom is 0.0622 e. The van der Waals surface area contributed by atoms with Gasteiger partial charge >= 0.3 is 0 Å². The van der Waals surface area contributed by atoms with E-state index in [1.165, 1.54) is 12.8 Å². The normalized spacial score (nSPS) is 37.2. The minimum Gasteiger partial charge on any atom is -0.378 e. The van der Waals surface area contributed by atoms with Crippen molar-refractivity contribution in [1.29, 1.82) is 0 Å². The highest BCUT2D eigenvalue weighted by Gasteiger charge is 2.27. The van der Waals surface area contributed by atoms with E-state index in [1.807, 2.05) is 0 Å². The van der Waals surface area contributed by atoms with Gasteiger partial charge < -0.3 is 9.47 Å². The standard InChI is InChI=1S/C13H26N2O2/c1-11-8-17-10-13(15(11)3)5-4-12-9-16-7-6-14(12)2/h11-13H,4-10H2,1-3H3/t11-,12-,13+/m0/s1. The SMILES string of the molecule is C[C@H]1COC[C@@H](CC[C@H]2COCCN2C)N1C. The highest BCUT2D eigenvalue weighted by Crippen LogP contribution is 2.18. The molecule has 4 heteroatoms. The molecule has 2 heterocycles. The molecule has 0 aliphatic carbocycles. The molecule has 0 bridgehead atoms. The second-order valence-electron chi connectivity index (χ2n) is 5.49. The van der Waals surface area contributed by atoms with Crippen LogP contribution in [-0.2, 0) is 9.47 Å². The average molecular weight is 242 g/mol. The molecule has 2 aliphatic rings. The van der Waals surface area contributed by atoms with Gasteiger partial charge in [-0.1, -0.05) is 0 Å². The lowest BCUT2D eigenvalue weighted by atomic mass is 10.0. The average Bonchev–Trinajstić information content (AvgIpc) is 2.33. The van der Waals surface area contributed by atoms with E-state index in [4.69, 9.17) is 9.47 Å². The molecule has 0 radical (unpaired) electrons. The minimum absolute atomic E-state index is 0.550. The van der Waals surface area contributed by atoms with Crippen molar-refractivity contribution >= 4 is 0 Å². The Labute approximate surface area is 105 Å². The van der Waals surface area contributed by atoms with Crippen molar-refractivity contribution in [3.8, 4) is 0 Å². The van der Waals surface area contributed by atoms with Gasteiger partial charge in [0.1, 0.15) is 0 Å². The van der Waals surface area contributed by atoms with Crippen molar-refractivity contribution in [3.05, 3.63) is 0 Å². The molecule has 0 saturated carbocycles. The minimum atomic E-state index is 0.550. The Balaban J connectivity index is 1.76. The third-order valence-corrected chi connectivity index (χ3v) is 4.30. The molecule has 2 saturated heterocycles. The third-order valence-electron chi connectivity index (χ3n) is 4.30. The van der Waals surface area contributed by atoms with E-state index in [2.05, 4.69) is 30.8 Å². The van der Waals surface area contributed by atoms with Crippen LogP contribution >= 0.6 is 0 Å². The molecule has 0 amide bonds. The largest absolute Gasteiger partial charge is 0.378 e. The van der Waals surface area contributed by atoms with Gasteiger partial charge in [0.15, 0.2) is 0 Å². The van der Waals surface area contributed by atoms with Crippen LogP contribution in [0.3, 0.4) is 0 Å². The number of nitrogens with zero attached hydrogens (tertiary/aromatic N) is 2. The van der Waals surface area contributed by atoms with Crippen LogP contribution in [0.4, 0.5) is 0 Å². The van der Waals surface area contributed by atoms with Crippen LogP contribution in [0.25, 0.3) is 0 Å². The van der Waals surface area contributed by atoms with E-state index >= 15 is 0 Å². The van der Waals surface area contributed by atoms with Gasteiger partial charge in [0.25, 0.3) is 0 Å². The number of hydrogen-bond donors (Lipinski definition) is 0. The monoisotopic (exact) mass is 242 g/mol. The maximum atomic E-state index is 5.64. The highest BCUT2D eigenvalue weighted by molar-refractivity contribution is 4.81. The van der Waals surface area contributed by atoms with Crippen molar-refractivity contribution in [3.63, 3.8) is 0 Å². The first-order chi connectivity index (χ1) is 8.18. The zero-order valence-electron chi connectivity index (χ0n) is 11.4. The Morgan fingerprint density at radius 1 is 1.00 bits per heavy atom. The first kappa shape index (κ1) is 13.3. The van der Waals surface area contributed by atoms with E-state index in [-0.39, 0.29) is 0 Å². The fourth-order valence-corrected chi connectivity index (χ4v) is 2.68. The lowest BCUT2D eigenvalue weighted by Gasteiger charge is -2.39. The molecule has 17 heavy (non-hydrogen) atoms. The summed E-state index contributed by atoms with van der Waals surface area (Å²) in [6, 6.07) is 1.72. The number of morpholine rings is 2. The molecule has 100 valence electrons. The molecule has 2 fully saturated rings. The molecule has 0 aromatic rings. The predicted octanol–water partition coefficient (Wildman–Crippen LogP) is 0.816. The molecule has 2 rings (SSSR count). The van der Waals surface area contributed by atoms with Crippen LogP contribution in [0.1, 0.15) is 19.8 Å². The van der Waals surface area contributed by atoms with Gasteiger partial charge in [-0.25, -0.2) is 0 Å². The molecule has 2 aliphatic heterocycles. The van der Waals surface area contributed by atoms with E-state index in [0.717, 1.165) is 33.0 Å². The molecule has 3 atom stereocenters. The molecule has 0 unspecified atom stereocenters. The fraction of sp³-hybridized carbons (Fsp3) is 1.00. The predicted molar refractivity (Wildman–Crippen MR) is 68.3 cm³/mol. The van der Waals surface area contributed by atoms with E-state index in [0.29, 0.717) is 18.1 Å². The smallest absolute Gasteiger partial charge is 0.0622 e. The van der Waals surface area contributed by atoms with Gasteiger partial charge in [-0.3, -0.25) is 9.80 Å². The van der Waals surface area contributed by atoms with Crippen molar-refractivity contribution in [2.24, 2.45) is 0 Å². The molecule has 0 aromatic carbocycles. The van der Waals surface area contributed by atoms with Gasteiger partial charge in [0.2, 0.25) is 0 Å². The van der Waals surface area contributed by atoms with Gasteiger partial charge in [-0.15, -0.1) is 0 Å². The number of hydrogen-bond acceptors (Lipinski definition) is 4. The Morgan fingerprint density at radius 2 is 1.71 bits per heavy atom. The molecule has 0 aromatic heterocycles. The summed E-state index contributed by atoms with van der Waals surface area (Å²) >= 11 is 0. The zero-order chi connectivity index (χ0) is 12.3. The topological polar surface area (TPSA) is 24.9 Å². The number of rotatable bonds is 3. The van der Waals surface area contributed by atoms with E-state index < -0.39 is 0 Å². The Kier molecular flexibility index (Phi) is 4.79. The van der Waals surface area contributed by atoms with E-state index in [9.17, 15) is 0 Å². The lowest BCUT2D eigenvalue weighted by molar-refractivity contribution is -0.0410. The third kappa shape index (κ3) is 3.41. The summed E-state index contributed by atoms with van der Waals surface area (Å²) < 4.78 is 11.2. The first-order valence-electron chi connectivity index (χ1n) is 6.76. The first-order valence-corrected chi connectivity index (χ1v) is 6.76. The second kappa shape index (κ2) is 6.14. The summed E-state index contributed by atoms with van der Waals surface area (Å²) in [5, 5.41) is 0. The van der Waals surface area contributed by atoms with Crippen LogP contribution in [0.2, 0.25) is 0 Å².